The third kappa shape index (κ3) is 9.23. The molecule has 174 valence electrons. The quantitative estimate of drug-likeness (QED) is 0.151. The lowest BCUT2D eigenvalue weighted by Crippen LogP contribution is -2.13. The highest BCUT2D eigenvalue weighted by Gasteiger charge is 2.14. The Morgan fingerprint density at radius 3 is 2.03 bits per heavy atom. The molecule has 2 aromatic carbocycles. The molecule has 32 heavy (non-hydrogen) atoms. The second kappa shape index (κ2) is 14.4. The Kier molecular flexibility index (Phi) is 11.5. The summed E-state index contributed by atoms with van der Waals surface area (Å²) in [7, 11) is 0. The molecule has 5 nitrogen and oxygen atoms in total. The van der Waals surface area contributed by atoms with Crippen LogP contribution in [0.4, 0.5) is 0 Å². The van der Waals surface area contributed by atoms with Crippen LogP contribution in [0.15, 0.2) is 48.5 Å². The minimum Gasteiger partial charge on any atom is -0.494 e. The van der Waals surface area contributed by atoms with Gasteiger partial charge in [-0.05, 0) is 61.4 Å². The summed E-state index contributed by atoms with van der Waals surface area (Å²) in [6.07, 6.45) is 7.77. The van der Waals surface area contributed by atoms with Crippen molar-refractivity contribution in [1.82, 2.24) is 0 Å². The van der Waals surface area contributed by atoms with E-state index in [4.69, 9.17) is 9.47 Å². The number of hydrogen-bond donors (Lipinski definition) is 1. The van der Waals surface area contributed by atoms with Crippen LogP contribution in [0.3, 0.4) is 0 Å². The number of aliphatic hydroxyl groups is 1. The van der Waals surface area contributed by atoms with Crippen LogP contribution in [0, 0.1) is 0 Å². The highest BCUT2D eigenvalue weighted by molar-refractivity contribution is 5.96. The standard InChI is InChI=1S/C27H36O5/c1-3-5-7-9-19-31-24-15-13-22(14-16-24)27(30)32-25-17-11-21(12-18-25)26(29)20-23(28)10-8-6-4-2/h11-18,23,28H,3-10,19-20H2,1-2H3. The topological polar surface area (TPSA) is 72.8 Å². The SMILES string of the molecule is CCCCCCOc1ccc(C(=O)Oc2ccc(C(=O)CC(O)CCCCC)cc2)cc1. The van der Waals surface area contributed by atoms with Crippen molar-refractivity contribution >= 4 is 11.8 Å². The van der Waals surface area contributed by atoms with Gasteiger partial charge in [-0.1, -0.05) is 52.4 Å². The van der Waals surface area contributed by atoms with Crippen molar-refractivity contribution in [2.24, 2.45) is 0 Å². The summed E-state index contributed by atoms with van der Waals surface area (Å²) in [6.45, 7) is 4.95. The molecule has 2 rings (SSSR count). The van der Waals surface area contributed by atoms with E-state index in [1.807, 2.05) is 0 Å². The van der Waals surface area contributed by atoms with E-state index in [-0.39, 0.29) is 12.2 Å². The molecule has 0 aliphatic heterocycles. The zero-order chi connectivity index (χ0) is 23.2. The van der Waals surface area contributed by atoms with Gasteiger partial charge in [-0.3, -0.25) is 4.79 Å². The summed E-state index contributed by atoms with van der Waals surface area (Å²) < 4.78 is 11.1. The summed E-state index contributed by atoms with van der Waals surface area (Å²) in [4.78, 5) is 24.7. The van der Waals surface area contributed by atoms with Gasteiger partial charge in [-0.15, -0.1) is 0 Å². The maximum Gasteiger partial charge on any atom is 0.343 e. The maximum absolute atomic E-state index is 12.4. The normalized spacial score (nSPS) is 11.7. The van der Waals surface area contributed by atoms with E-state index in [0.717, 1.165) is 37.9 Å². The lowest BCUT2D eigenvalue weighted by Gasteiger charge is -2.10. The molecule has 0 heterocycles. The molecule has 0 aliphatic rings. The molecule has 2 aromatic rings. The van der Waals surface area contributed by atoms with Gasteiger partial charge in [0, 0.05) is 12.0 Å². The van der Waals surface area contributed by atoms with Gasteiger partial charge in [0.1, 0.15) is 11.5 Å². The molecule has 0 aliphatic carbocycles. The van der Waals surface area contributed by atoms with Gasteiger partial charge in [0.25, 0.3) is 0 Å². The number of carbonyl (C=O) groups excluding carboxylic acids is 2. The molecule has 1 unspecified atom stereocenters. The number of ketones is 1. The molecule has 0 saturated heterocycles. The molecule has 0 radical (unpaired) electrons. The molecule has 0 spiro atoms. The van der Waals surface area contributed by atoms with Gasteiger partial charge in [-0.2, -0.15) is 0 Å². The first-order valence-electron chi connectivity index (χ1n) is 11.8. The summed E-state index contributed by atoms with van der Waals surface area (Å²) >= 11 is 0. The summed E-state index contributed by atoms with van der Waals surface area (Å²) in [6, 6.07) is 13.3. The number of aliphatic hydroxyl groups excluding tert-OH is 1. The number of benzene rings is 2. The number of hydrogen-bond acceptors (Lipinski definition) is 5. The average Bonchev–Trinajstić information content (AvgIpc) is 2.80. The Morgan fingerprint density at radius 2 is 1.38 bits per heavy atom. The molecule has 1 N–H and O–H groups in total. The molecule has 0 saturated carbocycles. The number of rotatable bonds is 15. The number of esters is 1. The van der Waals surface area contributed by atoms with E-state index >= 15 is 0 Å². The van der Waals surface area contributed by atoms with Crippen LogP contribution >= 0.6 is 0 Å². The van der Waals surface area contributed by atoms with Crippen LogP contribution in [0.1, 0.15) is 92.4 Å². The third-order valence-electron chi connectivity index (χ3n) is 5.31. The van der Waals surface area contributed by atoms with Crippen molar-refractivity contribution in [3.05, 3.63) is 59.7 Å². The van der Waals surface area contributed by atoms with Gasteiger partial charge < -0.3 is 14.6 Å². The van der Waals surface area contributed by atoms with Crippen molar-refractivity contribution in [2.75, 3.05) is 6.61 Å². The van der Waals surface area contributed by atoms with Crippen LogP contribution in [0.25, 0.3) is 0 Å². The van der Waals surface area contributed by atoms with Crippen LogP contribution in [0.2, 0.25) is 0 Å². The number of unbranched alkanes of at least 4 members (excludes halogenated alkanes) is 5. The summed E-state index contributed by atoms with van der Waals surface area (Å²) in [5.41, 5.74) is 0.929. The van der Waals surface area contributed by atoms with Crippen molar-refractivity contribution in [1.29, 1.82) is 0 Å². The van der Waals surface area contributed by atoms with Crippen LogP contribution in [0.5, 0.6) is 11.5 Å². The van der Waals surface area contributed by atoms with Crippen molar-refractivity contribution in [3.63, 3.8) is 0 Å². The molecule has 0 aromatic heterocycles. The van der Waals surface area contributed by atoms with Crippen molar-refractivity contribution in [2.45, 2.75) is 77.7 Å². The van der Waals surface area contributed by atoms with E-state index in [2.05, 4.69) is 13.8 Å². The Labute approximate surface area is 191 Å². The number of Topliss-reactive ketones (excluding diaryl/α,β-unsaturated/α-hetero) is 1. The third-order valence-corrected chi connectivity index (χ3v) is 5.31. The monoisotopic (exact) mass is 440 g/mol. The molecule has 5 heteroatoms. The van der Waals surface area contributed by atoms with Gasteiger partial charge in [0.2, 0.25) is 0 Å². The van der Waals surface area contributed by atoms with Gasteiger partial charge in [-0.25, -0.2) is 4.79 Å². The Morgan fingerprint density at radius 1 is 0.781 bits per heavy atom. The van der Waals surface area contributed by atoms with Crippen molar-refractivity contribution in [3.8, 4) is 11.5 Å². The fourth-order valence-electron chi connectivity index (χ4n) is 3.34. The Balaban J connectivity index is 1.81. The first-order chi connectivity index (χ1) is 15.5. The Bertz CT molecular complexity index is 811. The van der Waals surface area contributed by atoms with Crippen molar-refractivity contribution < 1.29 is 24.2 Å². The summed E-state index contributed by atoms with van der Waals surface area (Å²) in [5, 5.41) is 10.0. The molecule has 0 amide bonds. The van der Waals surface area contributed by atoms with Gasteiger partial charge in [0.05, 0.1) is 18.3 Å². The number of ether oxygens (including phenoxy) is 2. The first-order valence-corrected chi connectivity index (χ1v) is 11.8. The lowest BCUT2D eigenvalue weighted by molar-refractivity contribution is 0.0734. The van der Waals surface area contributed by atoms with Crippen LogP contribution in [-0.2, 0) is 0 Å². The Hall–Kier alpha value is -2.66. The minimum absolute atomic E-state index is 0.107. The fraction of sp³-hybridized carbons (Fsp3) is 0.481. The first kappa shape index (κ1) is 25.6. The van der Waals surface area contributed by atoms with Crippen LogP contribution < -0.4 is 9.47 Å². The lowest BCUT2D eigenvalue weighted by atomic mass is 10.0. The summed E-state index contributed by atoms with van der Waals surface area (Å²) in [5.74, 6) is 0.520. The zero-order valence-corrected chi connectivity index (χ0v) is 19.3. The van der Waals surface area contributed by atoms with E-state index in [1.165, 1.54) is 12.8 Å². The van der Waals surface area contributed by atoms with E-state index in [9.17, 15) is 14.7 Å². The van der Waals surface area contributed by atoms with Crippen LogP contribution in [-0.4, -0.2) is 29.6 Å². The average molecular weight is 441 g/mol. The van der Waals surface area contributed by atoms with Gasteiger partial charge >= 0.3 is 5.97 Å². The van der Waals surface area contributed by atoms with E-state index < -0.39 is 12.1 Å². The minimum atomic E-state index is -0.616. The predicted octanol–water partition coefficient (Wildman–Crippen LogP) is 6.38. The highest BCUT2D eigenvalue weighted by atomic mass is 16.5. The molecule has 0 bridgehead atoms. The van der Waals surface area contributed by atoms with E-state index in [1.54, 1.807) is 48.5 Å². The molecule has 0 fully saturated rings. The second-order valence-corrected chi connectivity index (χ2v) is 8.12. The molecule has 1 atom stereocenters. The predicted molar refractivity (Wildman–Crippen MR) is 127 cm³/mol. The highest BCUT2D eigenvalue weighted by Crippen LogP contribution is 2.18. The number of carbonyl (C=O) groups is 2. The molecular weight excluding hydrogens is 404 g/mol. The largest absolute Gasteiger partial charge is 0.494 e. The zero-order valence-electron chi connectivity index (χ0n) is 19.3. The fourth-order valence-corrected chi connectivity index (χ4v) is 3.34. The maximum atomic E-state index is 12.4. The molecular formula is C27H36O5. The smallest absolute Gasteiger partial charge is 0.343 e. The second-order valence-electron chi connectivity index (χ2n) is 8.12. The van der Waals surface area contributed by atoms with E-state index in [0.29, 0.717) is 29.9 Å². The van der Waals surface area contributed by atoms with Gasteiger partial charge in [0.15, 0.2) is 5.78 Å².